The van der Waals surface area contributed by atoms with Crippen LogP contribution in [-0.4, -0.2) is 46.8 Å². The number of carbonyl (C=O) groups is 1. The Labute approximate surface area is 196 Å². The summed E-state index contributed by atoms with van der Waals surface area (Å²) in [6.07, 6.45) is 5.85. The maximum Gasteiger partial charge on any atom is 0.329 e. The van der Waals surface area contributed by atoms with Crippen LogP contribution in [0.4, 0.5) is 5.82 Å². The van der Waals surface area contributed by atoms with E-state index in [1.165, 1.54) is 0 Å². The Kier molecular flexibility index (Phi) is 9.39. The zero-order chi connectivity index (χ0) is 23.5. The number of rotatable bonds is 13. The van der Waals surface area contributed by atoms with E-state index >= 15 is 0 Å². The number of aliphatic carboxylic acids is 1. The van der Waals surface area contributed by atoms with Crippen molar-refractivity contribution in [2.24, 2.45) is 0 Å². The zero-order valence-electron chi connectivity index (χ0n) is 19.5. The van der Waals surface area contributed by atoms with Crippen molar-refractivity contribution in [2.75, 3.05) is 24.7 Å². The summed E-state index contributed by atoms with van der Waals surface area (Å²) in [7, 11) is 0. The molecule has 0 aliphatic heterocycles. The van der Waals surface area contributed by atoms with Crippen LogP contribution in [0, 0.1) is 0 Å². The first-order chi connectivity index (χ1) is 16.1. The van der Waals surface area contributed by atoms with Crippen LogP contribution in [0.2, 0.25) is 0 Å². The lowest BCUT2D eigenvalue weighted by Crippen LogP contribution is -2.32. The number of carboxylic acids is 1. The van der Waals surface area contributed by atoms with Crippen molar-refractivity contribution in [1.82, 2.24) is 9.97 Å². The van der Waals surface area contributed by atoms with Crippen LogP contribution >= 0.6 is 0 Å². The van der Waals surface area contributed by atoms with E-state index in [1.807, 2.05) is 42.6 Å². The van der Waals surface area contributed by atoms with E-state index in [9.17, 15) is 4.79 Å². The van der Waals surface area contributed by atoms with Crippen LogP contribution in [0.5, 0.6) is 0 Å². The van der Waals surface area contributed by atoms with Gasteiger partial charge < -0.3 is 14.7 Å². The Morgan fingerprint density at radius 1 is 0.909 bits per heavy atom. The fourth-order valence-corrected chi connectivity index (χ4v) is 3.76. The van der Waals surface area contributed by atoms with Crippen LogP contribution in [0.1, 0.15) is 39.5 Å². The van der Waals surface area contributed by atoms with Gasteiger partial charge in [0.15, 0.2) is 0 Å². The molecule has 3 aromatic rings. The molecule has 2 aromatic carbocycles. The molecule has 0 aliphatic rings. The van der Waals surface area contributed by atoms with Gasteiger partial charge in [0.1, 0.15) is 12.4 Å². The smallest absolute Gasteiger partial charge is 0.329 e. The molecule has 0 aliphatic carbocycles. The number of aromatic nitrogens is 2. The highest BCUT2D eigenvalue weighted by Gasteiger charge is 2.17. The summed E-state index contributed by atoms with van der Waals surface area (Å²) in [6.45, 7) is 5.51. The molecule has 174 valence electrons. The number of carboxylic acid groups (broad SMARTS) is 1. The SMILES string of the molecule is CC(C)N(CCCCCCOCC(=O)O)c1cnc(-c2ccccc2)c(-c2ccccc2)n1. The maximum atomic E-state index is 10.5. The average molecular weight is 448 g/mol. The Balaban J connectivity index is 1.71. The van der Waals surface area contributed by atoms with Gasteiger partial charge in [0.05, 0.1) is 17.6 Å². The van der Waals surface area contributed by atoms with Crippen molar-refractivity contribution in [3.8, 4) is 22.5 Å². The summed E-state index contributed by atoms with van der Waals surface area (Å²) in [5.41, 5.74) is 3.88. The van der Waals surface area contributed by atoms with Gasteiger partial charge in [-0.2, -0.15) is 0 Å². The number of hydrogen-bond donors (Lipinski definition) is 1. The summed E-state index contributed by atoms with van der Waals surface area (Å²) < 4.78 is 5.10. The molecule has 0 saturated heterocycles. The molecule has 6 nitrogen and oxygen atoms in total. The maximum absolute atomic E-state index is 10.5. The zero-order valence-corrected chi connectivity index (χ0v) is 19.5. The normalized spacial score (nSPS) is 11.0. The highest BCUT2D eigenvalue weighted by atomic mass is 16.5. The van der Waals surface area contributed by atoms with E-state index in [0.29, 0.717) is 12.6 Å². The summed E-state index contributed by atoms with van der Waals surface area (Å²) in [4.78, 5) is 22.7. The molecule has 1 N–H and O–H groups in total. The van der Waals surface area contributed by atoms with E-state index in [0.717, 1.165) is 60.6 Å². The van der Waals surface area contributed by atoms with Gasteiger partial charge in [0.2, 0.25) is 0 Å². The van der Waals surface area contributed by atoms with Gasteiger partial charge in [0.25, 0.3) is 0 Å². The van der Waals surface area contributed by atoms with E-state index in [1.54, 1.807) is 0 Å². The van der Waals surface area contributed by atoms with E-state index < -0.39 is 5.97 Å². The van der Waals surface area contributed by atoms with Crippen molar-refractivity contribution < 1.29 is 14.6 Å². The fraction of sp³-hybridized carbons (Fsp3) is 0.370. The number of nitrogens with zero attached hydrogens (tertiary/aromatic N) is 3. The molecular weight excluding hydrogens is 414 g/mol. The molecule has 0 saturated carbocycles. The topological polar surface area (TPSA) is 75.5 Å². The Bertz CT molecular complexity index is 994. The molecule has 1 aromatic heterocycles. The minimum absolute atomic E-state index is 0.220. The van der Waals surface area contributed by atoms with Gasteiger partial charge in [-0.25, -0.2) is 9.78 Å². The quantitative estimate of drug-likeness (QED) is 0.339. The predicted molar refractivity (Wildman–Crippen MR) is 132 cm³/mol. The molecule has 1 heterocycles. The van der Waals surface area contributed by atoms with Crippen molar-refractivity contribution in [3.63, 3.8) is 0 Å². The van der Waals surface area contributed by atoms with Crippen LogP contribution in [0.15, 0.2) is 66.9 Å². The number of anilines is 1. The van der Waals surface area contributed by atoms with Gasteiger partial charge in [-0.3, -0.25) is 4.98 Å². The lowest BCUT2D eigenvalue weighted by molar-refractivity contribution is -0.142. The monoisotopic (exact) mass is 447 g/mol. The first-order valence-corrected chi connectivity index (χ1v) is 11.6. The summed E-state index contributed by atoms with van der Waals surface area (Å²) in [5.74, 6) is -0.0369. The van der Waals surface area contributed by atoms with Gasteiger partial charge in [-0.15, -0.1) is 0 Å². The van der Waals surface area contributed by atoms with Gasteiger partial charge in [-0.05, 0) is 26.7 Å². The van der Waals surface area contributed by atoms with Gasteiger partial charge in [0, 0.05) is 30.3 Å². The molecule has 33 heavy (non-hydrogen) atoms. The number of ether oxygens (including phenoxy) is 1. The highest BCUT2D eigenvalue weighted by molar-refractivity contribution is 5.78. The average Bonchev–Trinajstić information content (AvgIpc) is 2.83. The molecule has 0 spiro atoms. The van der Waals surface area contributed by atoms with Crippen LogP contribution < -0.4 is 4.90 Å². The molecule has 0 fully saturated rings. The first-order valence-electron chi connectivity index (χ1n) is 11.6. The summed E-state index contributed by atoms with van der Waals surface area (Å²) in [6, 6.07) is 20.7. The van der Waals surface area contributed by atoms with Crippen molar-refractivity contribution in [3.05, 3.63) is 66.9 Å². The highest BCUT2D eigenvalue weighted by Crippen LogP contribution is 2.31. The van der Waals surface area contributed by atoms with Gasteiger partial charge >= 0.3 is 5.97 Å². The van der Waals surface area contributed by atoms with Crippen molar-refractivity contribution >= 4 is 11.8 Å². The first kappa shape index (κ1) is 24.4. The largest absolute Gasteiger partial charge is 0.480 e. The minimum atomic E-state index is -0.920. The second-order valence-electron chi connectivity index (χ2n) is 8.31. The standard InChI is InChI=1S/C27H33N3O3/c1-21(2)30(17-11-3-4-12-18-33-20-25(31)32)24-19-28-26(22-13-7-5-8-14-22)27(29-24)23-15-9-6-10-16-23/h5-10,13-16,19,21H,3-4,11-12,17-18,20H2,1-2H3,(H,31,32). The molecule has 0 bridgehead atoms. The molecule has 0 unspecified atom stereocenters. The van der Waals surface area contributed by atoms with Crippen molar-refractivity contribution in [1.29, 1.82) is 0 Å². The van der Waals surface area contributed by atoms with E-state index in [-0.39, 0.29) is 6.61 Å². The molecule has 6 heteroatoms. The van der Waals surface area contributed by atoms with E-state index in [2.05, 4.69) is 43.0 Å². The number of hydrogen-bond acceptors (Lipinski definition) is 5. The van der Waals surface area contributed by atoms with Crippen LogP contribution in [0.3, 0.4) is 0 Å². The lowest BCUT2D eigenvalue weighted by Gasteiger charge is -2.28. The van der Waals surface area contributed by atoms with Crippen molar-refractivity contribution in [2.45, 2.75) is 45.6 Å². The molecule has 0 atom stereocenters. The Hall–Kier alpha value is -3.25. The summed E-state index contributed by atoms with van der Waals surface area (Å²) in [5, 5.41) is 8.61. The minimum Gasteiger partial charge on any atom is -0.480 e. The second-order valence-corrected chi connectivity index (χ2v) is 8.31. The summed E-state index contributed by atoms with van der Waals surface area (Å²) >= 11 is 0. The number of benzene rings is 2. The van der Waals surface area contributed by atoms with Crippen LogP contribution in [0.25, 0.3) is 22.5 Å². The third-order valence-electron chi connectivity index (χ3n) is 5.44. The van der Waals surface area contributed by atoms with Crippen LogP contribution in [-0.2, 0) is 9.53 Å². The fourth-order valence-electron chi connectivity index (χ4n) is 3.76. The van der Waals surface area contributed by atoms with E-state index in [4.69, 9.17) is 19.8 Å². The second kappa shape index (κ2) is 12.7. The Morgan fingerprint density at radius 3 is 2.12 bits per heavy atom. The Morgan fingerprint density at radius 2 is 1.52 bits per heavy atom. The third kappa shape index (κ3) is 7.39. The third-order valence-corrected chi connectivity index (χ3v) is 5.44. The molecule has 0 amide bonds. The van der Waals surface area contributed by atoms with Gasteiger partial charge in [-0.1, -0.05) is 73.5 Å². The molecule has 3 rings (SSSR count). The number of unbranched alkanes of at least 4 members (excludes halogenated alkanes) is 3. The molecule has 0 radical (unpaired) electrons. The molecular formula is C27H33N3O3. The lowest BCUT2D eigenvalue weighted by atomic mass is 10.0. The predicted octanol–water partition coefficient (Wildman–Crippen LogP) is 5.69.